The van der Waals surface area contributed by atoms with E-state index in [4.69, 9.17) is 0 Å². The Kier molecular flexibility index (Phi) is 5.87. The van der Waals surface area contributed by atoms with Crippen molar-refractivity contribution in [2.75, 3.05) is 13.6 Å². The second kappa shape index (κ2) is 8.30. The largest absolute Gasteiger partial charge is 0.354 e. The normalized spacial score (nSPS) is 16.5. The average molecular weight is 340 g/mol. The number of unbranched alkanes of at least 4 members (excludes halogenated alkanes) is 1. The summed E-state index contributed by atoms with van der Waals surface area (Å²) in [5, 5.41) is 11.0. The molecule has 1 unspecified atom stereocenters. The molecule has 0 bridgehead atoms. The monoisotopic (exact) mass is 340 g/mol. The molecule has 2 aromatic rings. The van der Waals surface area contributed by atoms with Crippen molar-refractivity contribution in [1.29, 1.82) is 0 Å². The summed E-state index contributed by atoms with van der Waals surface area (Å²) in [4.78, 5) is 12.3. The molecule has 1 aliphatic carbocycles. The van der Waals surface area contributed by atoms with Crippen LogP contribution in [0.1, 0.15) is 53.5 Å². The van der Waals surface area contributed by atoms with Crippen LogP contribution in [0.2, 0.25) is 0 Å². The first kappa shape index (κ1) is 17.7. The Balaban J connectivity index is 1.84. The third-order valence-corrected chi connectivity index (χ3v) is 4.93. The topological polar surface area (TPSA) is 59.0 Å². The SMILES string of the molecule is CCCCNC1CCc2c(c(C(=O)NC)nn2Cc2ccccc2)C1. The van der Waals surface area contributed by atoms with Gasteiger partial charge in [-0.3, -0.25) is 9.48 Å². The van der Waals surface area contributed by atoms with Crippen molar-refractivity contribution < 1.29 is 4.79 Å². The lowest BCUT2D eigenvalue weighted by Crippen LogP contribution is -2.36. The van der Waals surface area contributed by atoms with Crippen molar-refractivity contribution in [3.8, 4) is 0 Å². The predicted octanol–water partition coefficient (Wildman–Crippen LogP) is 2.54. The van der Waals surface area contributed by atoms with Gasteiger partial charge in [0.15, 0.2) is 5.69 Å². The molecule has 0 saturated heterocycles. The van der Waals surface area contributed by atoms with E-state index in [9.17, 15) is 4.79 Å². The van der Waals surface area contributed by atoms with Gasteiger partial charge in [-0.05, 0) is 37.8 Å². The molecular formula is C20H28N4O. The number of rotatable bonds is 7. The summed E-state index contributed by atoms with van der Waals surface area (Å²) in [6.45, 7) is 3.97. The highest BCUT2D eigenvalue weighted by molar-refractivity contribution is 5.93. The molecule has 5 nitrogen and oxygen atoms in total. The quantitative estimate of drug-likeness (QED) is 0.762. The van der Waals surface area contributed by atoms with Crippen LogP contribution in [-0.4, -0.2) is 35.3 Å². The predicted molar refractivity (Wildman–Crippen MR) is 99.9 cm³/mol. The number of nitrogens with one attached hydrogen (secondary N) is 2. The van der Waals surface area contributed by atoms with Crippen LogP contribution >= 0.6 is 0 Å². The molecule has 1 aromatic carbocycles. The molecule has 134 valence electrons. The molecule has 0 spiro atoms. The van der Waals surface area contributed by atoms with Gasteiger partial charge in [-0.25, -0.2) is 0 Å². The zero-order chi connectivity index (χ0) is 17.6. The summed E-state index contributed by atoms with van der Waals surface area (Å²) >= 11 is 0. The van der Waals surface area contributed by atoms with Crippen molar-refractivity contribution in [2.24, 2.45) is 0 Å². The summed E-state index contributed by atoms with van der Waals surface area (Å²) in [6.07, 6.45) is 5.35. The van der Waals surface area contributed by atoms with Gasteiger partial charge in [0, 0.05) is 24.3 Å². The van der Waals surface area contributed by atoms with Gasteiger partial charge in [-0.15, -0.1) is 0 Å². The van der Waals surface area contributed by atoms with Crippen LogP contribution in [0, 0.1) is 0 Å². The van der Waals surface area contributed by atoms with Gasteiger partial charge in [-0.2, -0.15) is 5.10 Å². The van der Waals surface area contributed by atoms with Crippen LogP contribution in [0.3, 0.4) is 0 Å². The Hall–Kier alpha value is -2.14. The number of amides is 1. The number of carbonyl (C=O) groups excluding carboxylic acids is 1. The van der Waals surface area contributed by atoms with Crippen LogP contribution in [0.5, 0.6) is 0 Å². The third-order valence-electron chi connectivity index (χ3n) is 4.93. The van der Waals surface area contributed by atoms with Crippen molar-refractivity contribution in [3.05, 3.63) is 52.8 Å². The molecule has 1 heterocycles. The van der Waals surface area contributed by atoms with E-state index in [0.29, 0.717) is 18.3 Å². The first-order valence-corrected chi connectivity index (χ1v) is 9.30. The number of nitrogens with zero attached hydrogens (tertiary/aromatic N) is 2. The molecule has 1 atom stereocenters. The minimum Gasteiger partial charge on any atom is -0.354 e. The van der Waals surface area contributed by atoms with Crippen LogP contribution < -0.4 is 10.6 Å². The molecule has 0 fully saturated rings. The van der Waals surface area contributed by atoms with Crippen molar-refractivity contribution >= 4 is 5.91 Å². The molecule has 2 N–H and O–H groups in total. The molecule has 25 heavy (non-hydrogen) atoms. The van der Waals surface area contributed by atoms with Gasteiger partial charge in [0.05, 0.1) is 6.54 Å². The highest BCUT2D eigenvalue weighted by Gasteiger charge is 2.28. The Morgan fingerprint density at radius 3 is 2.84 bits per heavy atom. The van der Waals surface area contributed by atoms with E-state index in [-0.39, 0.29) is 5.91 Å². The first-order valence-electron chi connectivity index (χ1n) is 9.30. The van der Waals surface area contributed by atoms with E-state index in [0.717, 1.165) is 31.4 Å². The molecule has 5 heteroatoms. The van der Waals surface area contributed by atoms with E-state index in [1.165, 1.54) is 24.1 Å². The van der Waals surface area contributed by atoms with Crippen LogP contribution in [-0.2, 0) is 19.4 Å². The summed E-state index contributed by atoms with van der Waals surface area (Å²) < 4.78 is 2.03. The Morgan fingerprint density at radius 1 is 1.32 bits per heavy atom. The fourth-order valence-corrected chi connectivity index (χ4v) is 3.53. The van der Waals surface area contributed by atoms with Crippen molar-refractivity contribution in [3.63, 3.8) is 0 Å². The summed E-state index contributed by atoms with van der Waals surface area (Å²) in [7, 11) is 1.67. The minimum atomic E-state index is -0.0859. The zero-order valence-corrected chi connectivity index (χ0v) is 15.2. The number of fused-ring (bicyclic) bond motifs is 1. The summed E-state index contributed by atoms with van der Waals surface area (Å²) in [6, 6.07) is 10.7. The molecule has 0 aliphatic heterocycles. The average Bonchev–Trinajstić information content (AvgIpc) is 3.00. The summed E-state index contributed by atoms with van der Waals surface area (Å²) in [5.74, 6) is -0.0859. The maximum Gasteiger partial charge on any atom is 0.271 e. The highest BCUT2D eigenvalue weighted by Crippen LogP contribution is 2.26. The Labute approximate surface area is 149 Å². The number of aromatic nitrogens is 2. The molecule has 0 radical (unpaired) electrons. The number of hydrogen-bond donors (Lipinski definition) is 2. The Morgan fingerprint density at radius 2 is 2.12 bits per heavy atom. The van der Waals surface area contributed by atoms with Gasteiger partial charge in [0.25, 0.3) is 5.91 Å². The maximum atomic E-state index is 12.3. The zero-order valence-electron chi connectivity index (χ0n) is 15.2. The summed E-state index contributed by atoms with van der Waals surface area (Å²) in [5.41, 5.74) is 4.14. The second-order valence-electron chi connectivity index (χ2n) is 6.74. The van der Waals surface area contributed by atoms with Crippen molar-refractivity contribution in [1.82, 2.24) is 20.4 Å². The van der Waals surface area contributed by atoms with E-state index < -0.39 is 0 Å². The van der Waals surface area contributed by atoms with Gasteiger partial charge in [0.2, 0.25) is 0 Å². The van der Waals surface area contributed by atoms with Crippen molar-refractivity contribution in [2.45, 2.75) is 51.6 Å². The van der Waals surface area contributed by atoms with E-state index >= 15 is 0 Å². The van der Waals surface area contributed by atoms with E-state index in [1.54, 1.807) is 7.05 Å². The standard InChI is InChI=1S/C20H28N4O/c1-3-4-12-22-16-10-11-18-17(13-16)19(20(25)21-2)23-24(18)14-15-8-6-5-7-9-15/h5-9,16,22H,3-4,10-14H2,1-2H3,(H,21,25). The van der Waals surface area contributed by atoms with Gasteiger partial charge in [0.1, 0.15) is 0 Å². The molecule has 1 amide bonds. The number of carbonyl (C=O) groups is 1. The first-order chi connectivity index (χ1) is 12.2. The molecule has 3 rings (SSSR count). The Bertz CT molecular complexity index is 708. The van der Waals surface area contributed by atoms with Gasteiger partial charge >= 0.3 is 0 Å². The van der Waals surface area contributed by atoms with Crippen LogP contribution in [0.15, 0.2) is 30.3 Å². The minimum absolute atomic E-state index is 0.0859. The van der Waals surface area contributed by atoms with E-state index in [1.807, 2.05) is 22.9 Å². The molecule has 1 aliphatic rings. The number of benzene rings is 1. The maximum absolute atomic E-state index is 12.3. The lowest BCUT2D eigenvalue weighted by molar-refractivity contribution is 0.0956. The van der Waals surface area contributed by atoms with Crippen LogP contribution in [0.25, 0.3) is 0 Å². The van der Waals surface area contributed by atoms with Gasteiger partial charge in [-0.1, -0.05) is 43.7 Å². The molecule has 1 aromatic heterocycles. The lowest BCUT2D eigenvalue weighted by atomic mass is 9.91. The fraction of sp³-hybridized carbons (Fsp3) is 0.500. The van der Waals surface area contributed by atoms with Crippen LogP contribution in [0.4, 0.5) is 0 Å². The third kappa shape index (κ3) is 4.10. The van der Waals surface area contributed by atoms with Gasteiger partial charge < -0.3 is 10.6 Å². The van der Waals surface area contributed by atoms with E-state index in [2.05, 4.69) is 34.8 Å². The molecule has 0 saturated carbocycles. The fourth-order valence-electron chi connectivity index (χ4n) is 3.53. The second-order valence-corrected chi connectivity index (χ2v) is 6.74. The molecular weight excluding hydrogens is 312 g/mol. The number of hydrogen-bond acceptors (Lipinski definition) is 3. The highest BCUT2D eigenvalue weighted by atomic mass is 16.1. The smallest absolute Gasteiger partial charge is 0.271 e. The lowest BCUT2D eigenvalue weighted by Gasteiger charge is -2.24.